The van der Waals surface area contributed by atoms with Crippen molar-refractivity contribution in [2.24, 2.45) is 0 Å². The Balaban J connectivity index is 1.30. The molecule has 0 N–H and O–H groups in total. The van der Waals surface area contributed by atoms with Gasteiger partial charge in [-0.2, -0.15) is 0 Å². The summed E-state index contributed by atoms with van der Waals surface area (Å²) < 4.78 is 8.47. The van der Waals surface area contributed by atoms with E-state index in [0.29, 0.717) is 5.82 Å². The Kier molecular flexibility index (Phi) is 5.47. The molecule has 0 atom stereocenters. The van der Waals surface area contributed by atoms with Crippen molar-refractivity contribution in [3.8, 4) is 39.6 Å². The Labute approximate surface area is 253 Å². The summed E-state index contributed by atoms with van der Waals surface area (Å²) in [6, 6.07) is 52.5. The minimum atomic E-state index is 0.672. The number of para-hydroxylation sites is 4. The maximum absolute atomic E-state index is 6.11. The van der Waals surface area contributed by atoms with Gasteiger partial charge in [-0.3, -0.25) is 0 Å². The first kappa shape index (κ1) is 24.6. The quantitative estimate of drug-likeness (QED) is 0.214. The van der Waals surface area contributed by atoms with Crippen LogP contribution in [0.15, 0.2) is 156 Å². The van der Waals surface area contributed by atoms with Gasteiger partial charge in [-0.25, -0.2) is 9.97 Å². The van der Waals surface area contributed by atoms with Gasteiger partial charge in [-0.15, -0.1) is 0 Å². The maximum atomic E-state index is 6.11. The van der Waals surface area contributed by atoms with Crippen molar-refractivity contribution in [2.75, 3.05) is 0 Å². The van der Waals surface area contributed by atoms with Crippen molar-refractivity contribution in [3.05, 3.63) is 152 Å². The molecule has 4 nitrogen and oxygen atoms in total. The summed E-state index contributed by atoms with van der Waals surface area (Å²) in [6.07, 6.45) is 0. The van der Waals surface area contributed by atoms with Gasteiger partial charge in [0.2, 0.25) is 0 Å². The number of rotatable bonds is 4. The molecule has 4 heteroatoms. The van der Waals surface area contributed by atoms with Crippen molar-refractivity contribution in [1.29, 1.82) is 0 Å². The summed E-state index contributed by atoms with van der Waals surface area (Å²) in [6.45, 7) is 0. The summed E-state index contributed by atoms with van der Waals surface area (Å²) in [4.78, 5) is 10.4. The van der Waals surface area contributed by atoms with Crippen molar-refractivity contribution in [2.45, 2.75) is 0 Å². The molecule has 3 aromatic heterocycles. The standard InChI is InChI=1S/C40H25N3O/c1-2-12-26(13-3-1)33-25-34(42-40(41-33)27-22-23-39-32(24-27)30-16-7-11-21-38(30)44-39)31-17-6-10-20-37(31)43-35-18-8-4-14-28(35)29-15-5-9-19-36(29)43/h1-25H. The number of nitrogens with zero attached hydrogens (tertiary/aromatic N) is 3. The second-order valence-electron chi connectivity index (χ2n) is 11.0. The topological polar surface area (TPSA) is 43.9 Å². The van der Waals surface area contributed by atoms with E-state index < -0.39 is 0 Å². The minimum Gasteiger partial charge on any atom is -0.456 e. The van der Waals surface area contributed by atoms with Crippen LogP contribution < -0.4 is 0 Å². The molecule has 0 bridgehead atoms. The van der Waals surface area contributed by atoms with E-state index in [1.807, 2.05) is 42.5 Å². The fourth-order valence-corrected chi connectivity index (χ4v) is 6.40. The molecule has 3 heterocycles. The number of benzene rings is 6. The van der Waals surface area contributed by atoms with Crippen molar-refractivity contribution in [1.82, 2.24) is 14.5 Å². The Morgan fingerprint density at radius 3 is 1.84 bits per heavy atom. The molecular formula is C40H25N3O. The van der Waals surface area contributed by atoms with Gasteiger partial charge in [0.15, 0.2) is 5.82 Å². The van der Waals surface area contributed by atoms with Crippen molar-refractivity contribution < 1.29 is 4.42 Å². The van der Waals surface area contributed by atoms with Gasteiger partial charge < -0.3 is 8.98 Å². The van der Waals surface area contributed by atoms with E-state index in [0.717, 1.165) is 66.7 Å². The molecule has 0 spiro atoms. The fraction of sp³-hybridized carbons (Fsp3) is 0. The zero-order valence-corrected chi connectivity index (χ0v) is 23.7. The summed E-state index contributed by atoms with van der Waals surface area (Å²) in [7, 11) is 0. The lowest BCUT2D eigenvalue weighted by Crippen LogP contribution is -2.00. The third-order valence-electron chi connectivity index (χ3n) is 8.43. The van der Waals surface area contributed by atoms with E-state index in [9.17, 15) is 0 Å². The Bertz CT molecular complexity index is 2450. The smallest absolute Gasteiger partial charge is 0.160 e. The SMILES string of the molecule is c1ccc(-c2cc(-c3ccccc3-n3c4ccccc4c4ccccc43)nc(-c3ccc4oc5ccccc5c4c3)n2)cc1. The molecule has 9 rings (SSSR count). The van der Waals surface area contributed by atoms with Crippen LogP contribution in [0.5, 0.6) is 0 Å². The molecule has 0 aliphatic carbocycles. The molecule has 9 aromatic rings. The highest BCUT2D eigenvalue weighted by Crippen LogP contribution is 2.38. The molecule has 6 aromatic carbocycles. The molecule has 0 aliphatic rings. The van der Waals surface area contributed by atoms with Crippen LogP contribution in [0, 0.1) is 0 Å². The molecule has 0 saturated heterocycles. The van der Waals surface area contributed by atoms with E-state index in [1.54, 1.807) is 0 Å². The van der Waals surface area contributed by atoms with E-state index in [2.05, 4.69) is 114 Å². The van der Waals surface area contributed by atoms with Crippen LogP contribution in [0.3, 0.4) is 0 Å². The summed E-state index contributed by atoms with van der Waals surface area (Å²) in [5, 5.41) is 4.60. The highest BCUT2D eigenvalue weighted by molar-refractivity contribution is 6.10. The highest BCUT2D eigenvalue weighted by atomic mass is 16.3. The number of aromatic nitrogens is 3. The Morgan fingerprint density at radius 2 is 1.05 bits per heavy atom. The predicted molar refractivity (Wildman–Crippen MR) is 180 cm³/mol. The predicted octanol–water partition coefficient (Wildman–Crippen LogP) is 10.5. The van der Waals surface area contributed by atoms with E-state index in [4.69, 9.17) is 14.4 Å². The lowest BCUT2D eigenvalue weighted by atomic mass is 10.0. The maximum Gasteiger partial charge on any atom is 0.160 e. The van der Waals surface area contributed by atoms with Gasteiger partial charge >= 0.3 is 0 Å². The second-order valence-corrected chi connectivity index (χ2v) is 11.0. The van der Waals surface area contributed by atoms with Gasteiger partial charge in [0.05, 0.1) is 28.1 Å². The van der Waals surface area contributed by atoms with Crippen molar-refractivity contribution >= 4 is 43.7 Å². The molecule has 206 valence electrons. The molecule has 0 amide bonds. The average molecular weight is 564 g/mol. The third-order valence-corrected chi connectivity index (χ3v) is 8.43. The highest BCUT2D eigenvalue weighted by Gasteiger charge is 2.18. The molecule has 0 unspecified atom stereocenters. The van der Waals surface area contributed by atoms with Crippen molar-refractivity contribution in [3.63, 3.8) is 0 Å². The van der Waals surface area contributed by atoms with Crippen LogP contribution in [0.25, 0.3) is 83.3 Å². The molecule has 0 saturated carbocycles. The number of hydrogen-bond donors (Lipinski definition) is 0. The number of fused-ring (bicyclic) bond motifs is 6. The molecule has 44 heavy (non-hydrogen) atoms. The molecule has 0 fully saturated rings. The fourth-order valence-electron chi connectivity index (χ4n) is 6.40. The summed E-state index contributed by atoms with van der Waals surface area (Å²) in [5.41, 5.74) is 9.89. The monoisotopic (exact) mass is 563 g/mol. The van der Waals surface area contributed by atoms with Gasteiger partial charge in [-0.05, 0) is 48.5 Å². The van der Waals surface area contributed by atoms with Gasteiger partial charge in [0, 0.05) is 38.2 Å². The lowest BCUT2D eigenvalue weighted by molar-refractivity contribution is 0.669. The van der Waals surface area contributed by atoms with E-state index in [-0.39, 0.29) is 0 Å². The van der Waals surface area contributed by atoms with Crippen LogP contribution in [0.1, 0.15) is 0 Å². The summed E-state index contributed by atoms with van der Waals surface area (Å²) in [5.74, 6) is 0.672. The van der Waals surface area contributed by atoms with E-state index >= 15 is 0 Å². The second kappa shape index (κ2) is 9.79. The molecule has 0 radical (unpaired) electrons. The van der Waals surface area contributed by atoms with Gasteiger partial charge in [0.25, 0.3) is 0 Å². The Morgan fingerprint density at radius 1 is 0.432 bits per heavy atom. The molecule has 0 aliphatic heterocycles. The lowest BCUT2D eigenvalue weighted by Gasteiger charge is -2.15. The number of hydrogen-bond acceptors (Lipinski definition) is 3. The van der Waals surface area contributed by atoms with E-state index in [1.165, 1.54) is 10.8 Å². The van der Waals surface area contributed by atoms with Crippen LogP contribution >= 0.6 is 0 Å². The Hall–Kier alpha value is -6.00. The van der Waals surface area contributed by atoms with Crippen LogP contribution in [-0.4, -0.2) is 14.5 Å². The number of furan rings is 1. The van der Waals surface area contributed by atoms with Crippen LogP contribution in [0.2, 0.25) is 0 Å². The first-order chi connectivity index (χ1) is 21.8. The van der Waals surface area contributed by atoms with Crippen LogP contribution in [0.4, 0.5) is 0 Å². The zero-order chi connectivity index (χ0) is 29.0. The molecular weight excluding hydrogens is 538 g/mol. The largest absolute Gasteiger partial charge is 0.456 e. The first-order valence-corrected chi connectivity index (χ1v) is 14.8. The first-order valence-electron chi connectivity index (χ1n) is 14.8. The normalized spacial score (nSPS) is 11.6. The zero-order valence-electron chi connectivity index (χ0n) is 23.7. The van der Waals surface area contributed by atoms with Gasteiger partial charge in [0.1, 0.15) is 11.2 Å². The minimum absolute atomic E-state index is 0.672. The summed E-state index contributed by atoms with van der Waals surface area (Å²) >= 11 is 0. The average Bonchev–Trinajstić information content (AvgIpc) is 3.64. The van der Waals surface area contributed by atoms with Crippen LogP contribution in [-0.2, 0) is 0 Å². The van der Waals surface area contributed by atoms with Gasteiger partial charge in [-0.1, -0.05) is 103 Å². The third kappa shape index (κ3) is 3.85.